The van der Waals surface area contributed by atoms with Crippen molar-refractivity contribution in [2.24, 2.45) is 5.84 Å². The van der Waals surface area contributed by atoms with Crippen molar-refractivity contribution >= 4 is 11.7 Å². The molecule has 0 unspecified atom stereocenters. The molecule has 0 spiro atoms. The number of rotatable bonds is 6. The molecule has 0 saturated heterocycles. The molecular weight excluding hydrogens is 244 g/mol. The van der Waals surface area contributed by atoms with Crippen LogP contribution in [0.3, 0.4) is 0 Å². The maximum atomic E-state index is 11.9. The molecule has 0 aliphatic carbocycles. The van der Waals surface area contributed by atoms with Crippen LogP contribution in [0.25, 0.3) is 0 Å². The minimum atomic E-state index is -0.188. The first-order valence-electron chi connectivity index (χ1n) is 5.97. The fourth-order valence-electron chi connectivity index (χ4n) is 1.68. The summed E-state index contributed by atoms with van der Waals surface area (Å²) in [7, 11) is 0. The number of hydrogen-bond donors (Lipinski definition) is 3. The van der Waals surface area contributed by atoms with Crippen LogP contribution in [0.4, 0.5) is 5.82 Å². The predicted molar refractivity (Wildman–Crippen MR) is 71.2 cm³/mol. The van der Waals surface area contributed by atoms with Crippen LogP contribution < -0.4 is 16.6 Å². The molecule has 0 aromatic carbocycles. The summed E-state index contributed by atoms with van der Waals surface area (Å²) in [4.78, 5) is 19.8. The summed E-state index contributed by atoms with van der Waals surface area (Å²) in [6.07, 6.45) is 7.77. The Labute approximate surface area is 110 Å². The van der Waals surface area contributed by atoms with Gasteiger partial charge in [-0.2, -0.15) is 0 Å². The van der Waals surface area contributed by atoms with Crippen LogP contribution in [0.15, 0.2) is 37.1 Å². The lowest BCUT2D eigenvalue weighted by Crippen LogP contribution is -2.27. The van der Waals surface area contributed by atoms with Crippen molar-refractivity contribution in [1.82, 2.24) is 19.9 Å². The maximum Gasteiger partial charge on any atom is 0.255 e. The minimum Gasteiger partial charge on any atom is -0.352 e. The number of amides is 1. The van der Waals surface area contributed by atoms with Gasteiger partial charge in [-0.25, -0.2) is 15.8 Å². The first-order valence-corrected chi connectivity index (χ1v) is 5.97. The number of aryl methyl sites for hydroxylation is 1. The third kappa shape index (κ3) is 3.52. The summed E-state index contributed by atoms with van der Waals surface area (Å²) in [6.45, 7) is 1.39. The molecule has 2 aromatic heterocycles. The van der Waals surface area contributed by atoms with E-state index in [1.807, 2.05) is 10.8 Å². The van der Waals surface area contributed by atoms with Crippen molar-refractivity contribution < 1.29 is 4.79 Å². The van der Waals surface area contributed by atoms with Crippen LogP contribution >= 0.6 is 0 Å². The summed E-state index contributed by atoms with van der Waals surface area (Å²) < 4.78 is 1.96. The molecule has 2 heterocycles. The van der Waals surface area contributed by atoms with Crippen LogP contribution in [0.2, 0.25) is 0 Å². The Bertz CT molecular complexity index is 525. The van der Waals surface area contributed by atoms with Gasteiger partial charge in [0.05, 0.1) is 11.9 Å². The van der Waals surface area contributed by atoms with E-state index in [-0.39, 0.29) is 5.91 Å². The minimum absolute atomic E-state index is 0.188. The van der Waals surface area contributed by atoms with Gasteiger partial charge in [0.25, 0.3) is 5.91 Å². The van der Waals surface area contributed by atoms with E-state index in [9.17, 15) is 4.79 Å². The van der Waals surface area contributed by atoms with Crippen LogP contribution in [0, 0.1) is 0 Å². The Morgan fingerprint density at radius 2 is 2.32 bits per heavy atom. The highest BCUT2D eigenvalue weighted by atomic mass is 16.1. The van der Waals surface area contributed by atoms with Crippen LogP contribution in [0.1, 0.15) is 16.8 Å². The Hall–Kier alpha value is -2.41. The van der Waals surface area contributed by atoms with Crippen molar-refractivity contribution in [3.05, 3.63) is 42.6 Å². The van der Waals surface area contributed by atoms with Crippen molar-refractivity contribution in [3.63, 3.8) is 0 Å². The molecule has 0 aliphatic rings. The lowest BCUT2D eigenvalue weighted by molar-refractivity contribution is 0.0953. The second-order valence-electron chi connectivity index (χ2n) is 3.95. The molecule has 2 aromatic rings. The average Bonchev–Trinajstić information content (AvgIpc) is 2.96. The van der Waals surface area contributed by atoms with Gasteiger partial charge in [-0.3, -0.25) is 4.79 Å². The Morgan fingerprint density at radius 1 is 1.42 bits per heavy atom. The van der Waals surface area contributed by atoms with E-state index in [1.54, 1.807) is 30.9 Å². The highest BCUT2D eigenvalue weighted by Crippen LogP contribution is 2.09. The van der Waals surface area contributed by atoms with Gasteiger partial charge in [0.1, 0.15) is 0 Å². The van der Waals surface area contributed by atoms with E-state index in [2.05, 4.69) is 20.7 Å². The molecule has 7 nitrogen and oxygen atoms in total. The number of carbonyl (C=O) groups excluding carboxylic acids is 1. The van der Waals surface area contributed by atoms with E-state index in [1.165, 1.54) is 0 Å². The van der Waals surface area contributed by atoms with Gasteiger partial charge in [0.2, 0.25) is 0 Å². The quantitative estimate of drug-likeness (QED) is 0.396. The molecule has 4 N–H and O–H groups in total. The van der Waals surface area contributed by atoms with Gasteiger partial charge in [-0.1, -0.05) is 0 Å². The highest BCUT2D eigenvalue weighted by molar-refractivity contribution is 5.98. The number of nitrogens with one attached hydrogen (secondary N) is 2. The Balaban J connectivity index is 1.81. The molecule has 0 aliphatic heterocycles. The number of anilines is 1. The number of pyridine rings is 1. The largest absolute Gasteiger partial charge is 0.352 e. The Kier molecular flexibility index (Phi) is 4.46. The number of hydrazine groups is 1. The molecule has 7 heteroatoms. The van der Waals surface area contributed by atoms with E-state index < -0.39 is 0 Å². The monoisotopic (exact) mass is 260 g/mol. The van der Waals surface area contributed by atoms with Crippen LogP contribution in [0.5, 0.6) is 0 Å². The Morgan fingerprint density at radius 3 is 3.05 bits per heavy atom. The van der Waals surface area contributed by atoms with Gasteiger partial charge >= 0.3 is 0 Å². The van der Waals surface area contributed by atoms with Gasteiger partial charge in [-0.05, 0) is 18.6 Å². The molecule has 0 bridgehead atoms. The molecule has 0 saturated carbocycles. The molecule has 1 amide bonds. The summed E-state index contributed by atoms with van der Waals surface area (Å²) in [5, 5.41) is 2.83. The maximum absolute atomic E-state index is 11.9. The first-order chi connectivity index (χ1) is 9.31. The van der Waals surface area contributed by atoms with Crippen molar-refractivity contribution in [1.29, 1.82) is 0 Å². The third-order valence-electron chi connectivity index (χ3n) is 2.63. The van der Waals surface area contributed by atoms with Gasteiger partial charge in [0, 0.05) is 31.7 Å². The summed E-state index contributed by atoms with van der Waals surface area (Å²) in [5.41, 5.74) is 2.84. The van der Waals surface area contributed by atoms with Gasteiger partial charge in [-0.15, -0.1) is 0 Å². The van der Waals surface area contributed by atoms with Crippen molar-refractivity contribution in [3.8, 4) is 0 Å². The van der Waals surface area contributed by atoms with E-state index in [4.69, 9.17) is 5.84 Å². The summed E-state index contributed by atoms with van der Waals surface area (Å²) in [6, 6.07) is 3.37. The van der Waals surface area contributed by atoms with Gasteiger partial charge in [0.15, 0.2) is 5.82 Å². The number of nitrogens with two attached hydrogens (primary N) is 1. The SMILES string of the molecule is NNc1ncccc1C(=O)NCCCn1ccnc1. The number of hydrogen-bond acceptors (Lipinski definition) is 5. The second kappa shape index (κ2) is 6.50. The van der Waals surface area contributed by atoms with Crippen LogP contribution in [-0.4, -0.2) is 27.0 Å². The molecule has 0 radical (unpaired) electrons. The second-order valence-corrected chi connectivity index (χ2v) is 3.95. The van der Waals surface area contributed by atoms with E-state index >= 15 is 0 Å². The predicted octanol–water partition coefficient (Wildman–Crippen LogP) is 0.384. The number of nitrogen functional groups attached to an aromatic ring is 1. The number of nitrogens with zero attached hydrogens (tertiary/aromatic N) is 3. The van der Waals surface area contributed by atoms with E-state index in [0.29, 0.717) is 17.9 Å². The third-order valence-corrected chi connectivity index (χ3v) is 2.63. The van der Waals surface area contributed by atoms with Gasteiger partial charge < -0.3 is 15.3 Å². The standard InChI is InChI=1S/C12H16N6O/c13-17-11-10(3-1-4-15-11)12(19)16-5-2-7-18-8-6-14-9-18/h1,3-4,6,8-9H,2,5,7,13H2,(H,15,17)(H,16,19). The fraction of sp³-hybridized carbons (Fsp3) is 0.250. The smallest absolute Gasteiger partial charge is 0.255 e. The van der Waals surface area contributed by atoms with E-state index in [0.717, 1.165) is 13.0 Å². The zero-order valence-corrected chi connectivity index (χ0v) is 10.4. The molecule has 0 fully saturated rings. The fourth-order valence-corrected chi connectivity index (χ4v) is 1.68. The number of carbonyl (C=O) groups is 1. The number of imidazole rings is 1. The molecule has 100 valence electrons. The zero-order chi connectivity index (χ0) is 13.5. The van der Waals surface area contributed by atoms with Crippen molar-refractivity contribution in [2.75, 3.05) is 12.0 Å². The molecule has 19 heavy (non-hydrogen) atoms. The lowest BCUT2D eigenvalue weighted by atomic mass is 10.2. The van der Waals surface area contributed by atoms with Crippen molar-refractivity contribution in [2.45, 2.75) is 13.0 Å². The van der Waals surface area contributed by atoms with Crippen LogP contribution in [-0.2, 0) is 6.54 Å². The molecule has 0 atom stereocenters. The average molecular weight is 260 g/mol. The normalized spacial score (nSPS) is 10.2. The zero-order valence-electron chi connectivity index (χ0n) is 10.4. The topological polar surface area (TPSA) is 97.9 Å². The molecular formula is C12H16N6O. The molecule has 2 rings (SSSR count). The number of aromatic nitrogens is 3. The first kappa shape index (κ1) is 13.0. The summed E-state index contributed by atoms with van der Waals surface area (Å²) in [5.74, 6) is 5.49. The lowest BCUT2D eigenvalue weighted by Gasteiger charge is -2.08. The highest BCUT2D eigenvalue weighted by Gasteiger charge is 2.10. The summed E-state index contributed by atoms with van der Waals surface area (Å²) >= 11 is 0.